The third-order valence-corrected chi connectivity index (χ3v) is 6.07. The van der Waals surface area contributed by atoms with Gasteiger partial charge in [-0.1, -0.05) is 0 Å². The standard InChI is InChI=1S/C21H25FN4O/c1-15-18(11-23-14-24-15)19(27)25-10-4-9-21(25)12-20(2,3)26(13-21)17-7-5-16(22)6-8-17/h5-8,11,14H,4,9-10,12-13H2,1-3H3. The number of nitrogens with zero attached hydrogens (tertiary/aromatic N) is 4. The third kappa shape index (κ3) is 2.97. The Morgan fingerprint density at radius 1 is 1.22 bits per heavy atom. The molecule has 3 heterocycles. The largest absolute Gasteiger partial charge is 0.364 e. The monoisotopic (exact) mass is 368 g/mol. The average molecular weight is 368 g/mol. The van der Waals surface area contributed by atoms with Crippen LogP contribution in [0.25, 0.3) is 0 Å². The van der Waals surface area contributed by atoms with E-state index in [-0.39, 0.29) is 22.8 Å². The number of aryl methyl sites for hydroxylation is 1. The summed E-state index contributed by atoms with van der Waals surface area (Å²) in [6.45, 7) is 7.75. The molecule has 1 unspecified atom stereocenters. The summed E-state index contributed by atoms with van der Waals surface area (Å²) in [5, 5.41) is 0. The van der Waals surface area contributed by atoms with E-state index in [1.807, 2.05) is 24.0 Å². The van der Waals surface area contributed by atoms with Gasteiger partial charge in [0.15, 0.2) is 0 Å². The Morgan fingerprint density at radius 2 is 1.96 bits per heavy atom. The molecular weight excluding hydrogens is 343 g/mol. The van der Waals surface area contributed by atoms with Gasteiger partial charge in [-0.25, -0.2) is 14.4 Å². The Morgan fingerprint density at radius 3 is 2.67 bits per heavy atom. The van der Waals surface area contributed by atoms with E-state index in [1.165, 1.54) is 18.5 Å². The molecule has 2 aromatic rings. The Balaban J connectivity index is 1.67. The first-order valence-electron chi connectivity index (χ1n) is 9.44. The molecule has 1 aromatic carbocycles. The van der Waals surface area contributed by atoms with Crippen molar-refractivity contribution in [2.24, 2.45) is 0 Å². The van der Waals surface area contributed by atoms with Crippen LogP contribution in [0.3, 0.4) is 0 Å². The zero-order chi connectivity index (χ0) is 19.2. The molecule has 5 nitrogen and oxygen atoms in total. The molecule has 0 radical (unpaired) electrons. The topological polar surface area (TPSA) is 49.3 Å². The van der Waals surface area contributed by atoms with Gasteiger partial charge in [0.2, 0.25) is 0 Å². The van der Waals surface area contributed by atoms with Crippen LogP contribution in [-0.2, 0) is 0 Å². The molecule has 2 aliphatic rings. The summed E-state index contributed by atoms with van der Waals surface area (Å²) < 4.78 is 13.4. The first kappa shape index (κ1) is 17.9. The number of halogens is 1. The van der Waals surface area contributed by atoms with E-state index >= 15 is 0 Å². The molecule has 0 N–H and O–H groups in total. The molecule has 2 fully saturated rings. The SMILES string of the molecule is Cc1ncncc1C(=O)N1CCCC12CN(c1ccc(F)cc1)C(C)(C)C2. The lowest BCUT2D eigenvalue weighted by Crippen LogP contribution is -2.49. The zero-order valence-corrected chi connectivity index (χ0v) is 16.1. The van der Waals surface area contributed by atoms with Gasteiger partial charge in [-0.15, -0.1) is 0 Å². The molecule has 2 saturated heterocycles. The van der Waals surface area contributed by atoms with Crippen molar-refractivity contribution < 1.29 is 9.18 Å². The van der Waals surface area contributed by atoms with Crippen LogP contribution in [0.4, 0.5) is 10.1 Å². The number of hydrogen-bond donors (Lipinski definition) is 0. The van der Waals surface area contributed by atoms with Crippen molar-refractivity contribution in [2.45, 2.75) is 51.1 Å². The Hall–Kier alpha value is -2.50. The second kappa shape index (κ2) is 6.29. The molecule has 4 rings (SSSR count). The number of anilines is 1. The van der Waals surface area contributed by atoms with Gasteiger partial charge in [0, 0.05) is 30.5 Å². The van der Waals surface area contributed by atoms with Gasteiger partial charge in [-0.2, -0.15) is 0 Å². The molecule has 142 valence electrons. The van der Waals surface area contributed by atoms with Gasteiger partial charge in [0.05, 0.1) is 16.8 Å². The second-order valence-corrected chi connectivity index (χ2v) is 8.36. The predicted octanol–water partition coefficient (Wildman–Crippen LogP) is 3.59. The van der Waals surface area contributed by atoms with Crippen LogP contribution in [0.2, 0.25) is 0 Å². The maximum absolute atomic E-state index is 13.4. The van der Waals surface area contributed by atoms with E-state index in [0.29, 0.717) is 11.3 Å². The lowest BCUT2D eigenvalue weighted by molar-refractivity contribution is 0.0615. The Kier molecular flexibility index (Phi) is 4.17. The molecule has 0 aliphatic carbocycles. The number of benzene rings is 1. The van der Waals surface area contributed by atoms with Crippen molar-refractivity contribution in [2.75, 3.05) is 18.0 Å². The minimum Gasteiger partial charge on any atom is -0.364 e. The summed E-state index contributed by atoms with van der Waals surface area (Å²) in [6, 6.07) is 6.65. The van der Waals surface area contributed by atoms with Crippen LogP contribution in [0.15, 0.2) is 36.8 Å². The molecule has 0 saturated carbocycles. The van der Waals surface area contributed by atoms with Crippen molar-refractivity contribution >= 4 is 11.6 Å². The van der Waals surface area contributed by atoms with Crippen LogP contribution >= 0.6 is 0 Å². The number of rotatable bonds is 2. The summed E-state index contributed by atoms with van der Waals surface area (Å²) in [6.07, 6.45) is 5.95. The van der Waals surface area contributed by atoms with Crippen molar-refractivity contribution in [1.29, 1.82) is 0 Å². The molecule has 1 amide bonds. The first-order chi connectivity index (χ1) is 12.8. The van der Waals surface area contributed by atoms with Crippen LogP contribution in [0, 0.1) is 12.7 Å². The van der Waals surface area contributed by atoms with E-state index in [4.69, 9.17) is 0 Å². The lowest BCUT2D eigenvalue weighted by Gasteiger charge is -2.35. The zero-order valence-electron chi connectivity index (χ0n) is 16.1. The summed E-state index contributed by atoms with van der Waals surface area (Å²) in [5.74, 6) is -0.218. The minimum absolute atomic E-state index is 0.0161. The normalized spacial score (nSPS) is 24.0. The van der Waals surface area contributed by atoms with E-state index in [9.17, 15) is 9.18 Å². The van der Waals surface area contributed by atoms with Crippen molar-refractivity contribution in [3.8, 4) is 0 Å². The third-order valence-electron chi connectivity index (χ3n) is 6.07. The van der Waals surface area contributed by atoms with Crippen molar-refractivity contribution in [3.63, 3.8) is 0 Å². The van der Waals surface area contributed by atoms with E-state index in [0.717, 1.165) is 38.0 Å². The van der Waals surface area contributed by atoms with Crippen LogP contribution in [0.1, 0.15) is 49.2 Å². The summed E-state index contributed by atoms with van der Waals surface area (Å²) in [5.41, 5.74) is 1.96. The number of carbonyl (C=O) groups is 1. The summed E-state index contributed by atoms with van der Waals surface area (Å²) in [7, 11) is 0. The highest BCUT2D eigenvalue weighted by Crippen LogP contribution is 2.47. The number of likely N-dealkylation sites (tertiary alicyclic amines) is 1. The molecule has 6 heteroatoms. The van der Waals surface area contributed by atoms with E-state index in [2.05, 4.69) is 28.7 Å². The summed E-state index contributed by atoms with van der Waals surface area (Å²) in [4.78, 5) is 25.9. The van der Waals surface area contributed by atoms with Gasteiger partial charge in [-0.05, 0) is 64.3 Å². The maximum Gasteiger partial charge on any atom is 0.257 e. The molecule has 0 bridgehead atoms. The first-order valence-corrected chi connectivity index (χ1v) is 9.44. The molecular formula is C21H25FN4O. The number of carbonyl (C=O) groups excluding carboxylic acids is 1. The van der Waals surface area contributed by atoms with E-state index < -0.39 is 0 Å². The van der Waals surface area contributed by atoms with Gasteiger partial charge < -0.3 is 9.80 Å². The molecule has 1 atom stereocenters. The average Bonchev–Trinajstić information content (AvgIpc) is 3.15. The smallest absolute Gasteiger partial charge is 0.257 e. The van der Waals surface area contributed by atoms with E-state index in [1.54, 1.807) is 6.20 Å². The van der Waals surface area contributed by atoms with Crippen molar-refractivity contribution in [3.05, 3.63) is 53.9 Å². The summed E-state index contributed by atoms with van der Waals surface area (Å²) >= 11 is 0. The minimum atomic E-state index is -0.234. The maximum atomic E-state index is 13.4. The highest BCUT2D eigenvalue weighted by Gasteiger charge is 2.55. The fourth-order valence-electron chi connectivity index (χ4n) is 4.88. The lowest BCUT2D eigenvalue weighted by atomic mass is 9.87. The van der Waals surface area contributed by atoms with Crippen molar-refractivity contribution in [1.82, 2.24) is 14.9 Å². The Bertz CT molecular complexity index is 867. The Labute approximate surface area is 159 Å². The molecule has 27 heavy (non-hydrogen) atoms. The van der Waals surface area contributed by atoms with Gasteiger partial charge in [0.1, 0.15) is 12.1 Å². The number of amides is 1. The predicted molar refractivity (Wildman–Crippen MR) is 102 cm³/mol. The molecule has 2 aliphatic heterocycles. The van der Waals surface area contributed by atoms with Crippen LogP contribution in [-0.4, -0.2) is 44.9 Å². The fraction of sp³-hybridized carbons (Fsp3) is 0.476. The van der Waals surface area contributed by atoms with Crippen LogP contribution < -0.4 is 4.90 Å². The van der Waals surface area contributed by atoms with Gasteiger partial charge >= 0.3 is 0 Å². The highest BCUT2D eigenvalue weighted by atomic mass is 19.1. The number of hydrogen-bond acceptors (Lipinski definition) is 4. The quantitative estimate of drug-likeness (QED) is 0.813. The number of aromatic nitrogens is 2. The second-order valence-electron chi connectivity index (χ2n) is 8.36. The molecule has 1 spiro atoms. The van der Waals surface area contributed by atoms with Gasteiger partial charge in [-0.3, -0.25) is 4.79 Å². The fourth-order valence-corrected chi connectivity index (χ4v) is 4.88. The van der Waals surface area contributed by atoms with Gasteiger partial charge in [0.25, 0.3) is 5.91 Å². The van der Waals surface area contributed by atoms with Crippen LogP contribution in [0.5, 0.6) is 0 Å². The molecule has 1 aromatic heterocycles. The highest BCUT2D eigenvalue weighted by molar-refractivity contribution is 5.95.